The van der Waals surface area contributed by atoms with Crippen molar-refractivity contribution in [3.63, 3.8) is 0 Å². The zero-order chi connectivity index (χ0) is 15.7. The van der Waals surface area contributed by atoms with Gasteiger partial charge in [0.05, 0.1) is 11.7 Å². The van der Waals surface area contributed by atoms with Crippen LogP contribution in [0.3, 0.4) is 0 Å². The van der Waals surface area contributed by atoms with Gasteiger partial charge in [-0.2, -0.15) is 0 Å². The van der Waals surface area contributed by atoms with E-state index < -0.39 is 23.3 Å². The highest BCUT2D eigenvalue weighted by atomic mass is 19.1. The third-order valence-electron chi connectivity index (χ3n) is 4.92. The maximum Gasteiger partial charge on any atom is 0.129 e. The van der Waals surface area contributed by atoms with Gasteiger partial charge in [0.15, 0.2) is 0 Å². The van der Waals surface area contributed by atoms with Crippen LogP contribution in [0.4, 0.5) is 8.78 Å². The van der Waals surface area contributed by atoms with E-state index in [1.54, 1.807) is 7.11 Å². The minimum absolute atomic E-state index is 0.0627. The van der Waals surface area contributed by atoms with E-state index in [9.17, 15) is 13.9 Å². The molecule has 0 aromatic heterocycles. The molecule has 2 nitrogen and oxygen atoms in total. The zero-order valence-electron chi connectivity index (χ0n) is 13.0. The summed E-state index contributed by atoms with van der Waals surface area (Å²) < 4.78 is 33.1. The zero-order valence-corrected chi connectivity index (χ0v) is 13.0. The fourth-order valence-corrected chi connectivity index (χ4v) is 3.13. The van der Waals surface area contributed by atoms with Gasteiger partial charge in [0.1, 0.15) is 11.6 Å². The maximum atomic E-state index is 13.7. The third kappa shape index (κ3) is 3.43. The van der Waals surface area contributed by atoms with E-state index in [0.717, 1.165) is 12.8 Å². The van der Waals surface area contributed by atoms with Gasteiger partial charge in [-0.25, -0.2) is 8.78 Å². The molecule has 1 aliphatic rings. The summed E-state index contributed by atoms with van der Waals surface area (Å²) >= 11 is 0. The summed E-state index contributed by atoms with van der Waals surface area (Å²) in [6.07, 6.45) is 2.29. The van der Waals surface area contributed by atoms with Gasteiger partial charge in [-0.05, 0) is 43.2 Å². The molecule has 1 aliphatic carbocycles. The Hall–Kier alpha value is -1.00. The van der Waals surface area contributed by atoms with Gasteiger partial charge in [-0.15, -0.1) is 0 Å². The van der Waals surface area contributed by atoms with Gasteiger partial charge in [-0.3, -0.25) is 0 Å². The second-order valence-electron chi connectivity index (χ2n) is 6.85. The number of halogens is 2. The van der Waals surface area contributed by atoms with Crippen LogP contribution < -0.4 is 0 Å². The first kappa shape index (κ1) is 16.4. The van der Waals surface area contributed by atoms with Crippen LogP contribution in [-0.2, 0) is 11.2 Å². The molecule has 0 aliphatic heterocycles. The average Bonchev–Trinajstić information content (AvgIpc) is 2.43. The fraction of sp³-hybridized carbons (Fsp3) is 0.647. The first-order valence-corrected chi connectivity index (χ1v) is 7.46. The first-order valence-electron chi connectivity index (χ1n) is 7.46. The number of rotatable bonds is 4. The van der Waals surface area contributed by atoms with E-state index >= 15 is 0 Å². The van der Waals surface area contributed by atoms with Crippen molar-refractivity contribution in [2.24, 2.45) is 5.41 Å². The lowest BCUT2D eigenvalue weighted by Gasteiger charge is -2.45. The standard InChI is InChI=1S/C17H24F2O2/c1-16(2)7-9-17(21-3,10-8-16)15(20)11-12-13(18)5-4-6-14(12)19/h4-6,15,20H,7-11H2,1-3H3. The number of hydrogen-bond donors (Lipinski definition) is 1. The van der Waals surface area contributed by atoms with Crippen LogP contribution in [0.5, 0.6) is 0 Å². The van der Waals surface area contributed by atoms with Crippen molar-refractivity contribution in [2.45, 2.75) is 57.7 Å². The summed E-state index contributed by atoms with van der Waals surface area (Å²) in [7, 11) is 1.57. The van der Waals surface area contributed by atoms with Gasteiger partial charge >= 0.3 is 0 Å². The normalized spacial score (nSPS) is 22.0. The van der Waals surface area contributed by atoms with E-state index in [1.165, 1.54) is 18.2 Å². The van der Waals surface area contributed by atoms with Gasteiger partial charge in [0, 0.05) is 19.1 Å². The second kappa shape index (κ2) is 6.01. The quantitative estimate of drug-likeness (QED) is 0.915. The highest BCUT2D eigenvalue weighted by Crippen LogP contribution is 2.44. The Morgan fingerprint density at radius 3 is 2.14 bits per heavy atom. The number of benzene rings is 1. The Balaban J connectivity index is 2.16. The molecule has 1 unspecified atom stereocenters. The predicted octanol–water partition coefficient (Wildman–Crippen LogP) is 3.85. The summed E-state index contributed by atoms with van der Waals surface area (Å²) in [5.74, 6) is -1.23. The van der Waals surface area contributed by atoms with Gasteiger partial charge < -0.3 is 9.84 Å². The van der Waals surface area contributed by atoms with Crippen molar-refractivity contribution in [3.05, 3.63) is 35.4 Å². The number of ether oxygens (including phenoxy) is 1. The van der Waals surface area contributed by atoms with Crippen molar-refractivity contribution in [2.75, 3.05) is 7.11 Å². The summed E-state index contributed by atoms with van der Waals surface area (Å²) in [5.41, 5.74) is -0.541. The fourth-order valence-electron chi connectivity index (χ4n) is 3.13. The van der Waals surface area contributed by atoms with Gasteiger partial charge in [-0.1, -0.05) is 19.9 Å². The second-order valence-corrected chi connectivity index (χ2v) is 6.85. The lowest BCUT2D eigenvalue weighted by atomic mass is 9.68. The van der Waals surface area contributed by atoms with Crippen LogP contribution in [0.15, 0.2) is 18.2 Å². The molecule has 1 atom stereocenters. The number of hydrogen-bond acceptors (Lipinski definition) is 2. The molecule has 1 aromatic carbocycles. The molecule has 118 valence electrons. The Labute approximate surface area is 125 Å². The average molecular weight is 298 g/mol. The minimum atomic E-state index is -0.912. The first-order chi connectivity index (χ1) is 9.80. The van der Waals surface area contributed by atoms with Gasteiger partial charge in [0.25, 0.3) is 0 Å². The number of methoxy groups -OCH3 is 1. The van der Waals surface area contributed by atoms with Crippen LogP contribution in [0.1, 0.15) is 45.1 Å². The molecule has 0 saturated heterocycles. The van der Waals surface area contributed by atoms with Crippen molar-refractivity contribution >= 4 is 0 Å². The molecule has 21 heavy (non-hydrogen) atoms. The molecule has 4 heteroatoms. The molecule has 1 aromatic rings. The maximum absolute atomic E-state index is 13.7. The van der Waals surface area contributed by atoms with E-state index in [4.69, 9.17) is 4.74 Å². The minimum Gasteiger partial charge on any atom is -0.390 e. The molecule has 0 heterocycles. The van der Waals surface area contributed by atoms with E-state index in [2.05, 4.69) is 13.8 Å². The number of aliphatic hydroxyl groups is 1. The molecule has 0 amide bonds. The van der Waals surface area contributed by atoms with Crippen LogP contribution in [0.25, 0.3) is 0 Å². The monoisotopic (exact) mass is 298 g/mol. The van der Waals surface area contributed by atoms with Crippen molar-refractivity contribution in [1.82, 2.24) is 0 Å². The highest BCUT2D eigenvalue weighted by molar-refractivity contribution is 5.21. The van der Waals surface area contributed by atoms with Gasteiger partial charge in [0.2, 0.25) is 0 Å². The summed E-state index contributed by atoms with van der Waals surface area (Å²) in [6, 6.07) is 3.76. The molecular weight excluding hydrogens is 274 g/mol. The Morgan fingerprint density at radius 1 is 1.14 bits per heavy atom. The van der Waals surface area contributed by atoms with Crippen molar-refractivity contribution in [1.29, 1.82) is 0 Å². The predicted molar refractivity (Wildman–Crippen MR) is 78.1 cm³/mol. The lowest BCUT2D eigenvalue weighted by Crippen LogP contribution is -2.49. The van der Waals surface area contributed by atoms with Crippen molar-refractivity contribution < 1.29 is 18.6 Å². The Bertz CT molecular complexity index is 469. The van der Waals surface area contributed by atoms with E-state index in [1.807, 2.05) is 0 Å². The topological polar surface area (TPSA) is 29.5 Å². The SMILES string of the molecule is COC1(C(O)Cc2c(F)cccc2F)CCC(C)(C)CC1. The van der Waals surface area contributed by atoms with Crippen LogP contribution in [0.2, 0.25) is 0 Å². The van der Waals surface area contributed by atoms with Crippen LogP contribution >= 0.6 is 0 Å². The molecule has 0 radical (unpaired) electrons. The molecule has 1 N–H and O–H groups in total. The molecule has 1 fully saturated rings. The highest BCUT2D eigenvalue weighted by Gasteiger charge is 2.44. The molecular formula is C17H24F2O2. The lowest BCUT2D eigenvalue weighted by molar-refractivity contribution is -0.135. The molecule has 0 bridgehead atoms. The van der Waals surface area contributed by atoms with E-state index in [0.29, 0.717) is 12.8 Å². The number of aliphatic hydroxyl groups excluding tert-OH is 1. The molecule has 1 saturated carbocycles. The largest absolute Gasteiger partial charge is 0.390 e. The van der Waals surface area contributed by atoms with Crippen molar-refractivity contribution in [3.8, 4) is 0 Å². The van der Waals surface area contributed by atoms with Crippen LogP contribution in [-0.4, -0.2) is 23.9 Å². The Kier molecular flexibility index (Phi) is 4.69. The summed E-state index contributed by atoms with van der Waals surface area (Å²) in [5, 5.41) is 10.5. The molecule has 2 rings (SSSR count). The Morgan fingerprint density at radius 2 is 1.67 bits per heavy atom. The third-order valence-corrected chi connectivity index (χ3v) is 4.92. The molecule has 0 spiro atoms. The van der Waals surface area contributed by atoms with E-state index in [-0.39, 0.29) is 17.4 Å². The van der Waals surface area contributed by atoms with Crippen LogP contribution in [0, 0.1) is 17.0 Å². The summed E-state index contributed by atoms with van der Waals surface area (Å²) in [4.78, 5) is 0. The summed E-state index contributed by atoms with van der Waals surface area (Å²) in [6.45, 7) is 4.38. The smallest absolute Gasteiger partial charge is 0.129 e.